The van der Waals surface area contributed by atoms with E-state index in [4.69, 9.17) is 21.7 Å². The fraction of sp³-hybridized carbons (Fsp3) is 0.125. The molecule has 0 saturated heterocycles. The Kier molecular flexibility index (Phi) is 9.43. The lowest BCUT2D eigenvalue weighted by Crippen LogP contribution is -2.49. The van der Waals surface area contributed by atoms with Crippen LogP contribution in [0.4, 0.5) is 0 Å². The summed E-state index contributed by atoms with van der Waals surface area (Å²) >= 11 is 12.0. The molecular formula is C24H21Br2N3O4S. The van der Waals surface area contributed by atoms with Crippen LogP contribution in [0.25, 0.3) is 16.8 Å². The van der Waals surface area contributed by atoms with Crippen LogP contribution >= 0.6 is 44.1 Å². The predicted molar refractivity (Wildman–Crippen MR) is 144 cm³/mol. The van der Waals surface area contributed by atoms with Crippen LogP contribution in [-0.4, -0.2) is 30.1 Å². The Bertz CT molecular complexity index is 1230. The molecule has 7 nitrogen and oxygen atoms in total. The highest BCUT2D eigenvalue weighted by atomic mass is 79.9. The second-order valence-corrected chi connectivity index (χ2v) is 8.98. The number of fused-ring (bicyclic) bond motifs is 1. The highest BCUT2D eigenvalue weighted by molar-refractivity contribution is 9.11. The van der Waals surface area contributed by atoms with Gasteiger partial charge in [-0.2, -0.15) is 0 Å². The van der Waals surface area contributed by atoms with Crippen molar-refractivity contribution in [2.45, 2.75) is 6.92 Å². The zero-order chi connectivity index (χ0) is 24.5. The minimum absolute atomic E-state index is 0.0489. The van der Waals surface area contributed by atoms with Gasteiger partial charge in [-0.15, -0.1) is 0 Å². The fourth-order valence-corrected chi connectivity index (χ4v) is 4.00. The topological polar surface area (TPSA) is 88.7 Å². The number of benzene rings is 3. The van der Waals surface area contributed by atoms with Crippen molar-refractivity contribution in [1.29, 1.82) is 0 Å². The maximum absolute atomic E-state index is 12.1. The molecule has 2 amide bonds. The third-order valence-corrected chi connectivity index (χ3v) is 5.93. The third-order valence-electron chi connectivity index (χ3n) is 4.41. The minimum Gasteiger partial charge on any atom is -0.494 e. The highest BCUT2D eigenvalue weighted by Crippen LogP contribution is 2.34. The van der Waals surface area contributed by atoms with Crippen molar-refractivity contribution in [2.24, 2.45) is 0 Å². The minimum atomic E-state index is -0.468. The molecule has 0 aromatic heterocycles. The van der Waals surface area contributed by atoms with Crippen molar-refractivity contribution < 1.29 is 19.1 Å². The van der Waals surface area contributed by atoms with Gasteiger partial charge in [-0.1, -0.05) is 40.2 Å². The molecule has 0 atom stereocenters. The van der Waals surface area contributed by atoms with Crippen molar-refractivity contribution in [3.05, 3.63) is 75.2 Å². The Morgan fingerprint density at radius 3 is 2.50 bits per heavy atom. The number of ether oxygens (including phenoxy) is 2. The van der Waals surface area contributed by atoms with E-state index in [0.29, 0.717) is 12.4 Å². The van der Waals surface area contributed by atoms with Crippen molar-refractivity contribution in [1.82, 2.24) is 16.2 Å². The lowest BCUT2D eigenvalue weighted by molar-refractivity contribution is -0.123. The number of rotatable bonds is 7. The number of thiocarbonyl (C=S) groups is 1. The van der Waals surface area contributed by atoms with Gasteiger partial charge in [-0.05, 0) is 87.8 Å². The lowest BCUT2D eigenvalue weighted by atomic mass is 10.1. The molecule has 0 spiro atoms. The lowest BCUT2D eigenvalue weighted by Gasteiger charge is -2.12. The number of amides is 2. The molecule has 0 bridgehead atoms. The number of carbonyl (C=O) groups is 2. The first-order chi connectivity index (χ1) is 16.4. The molecule has 0 heterocycles. The van der Waals surface area contributed by atoms with Crippen molar-refractivity contribution in [3.8, 4) is 11.5 Å². The SMILES string of the molecule is CCOc1ccc(/C=C/C(=O)NC(=S)NNC(=O)COc2ccc3cc(Br)ccc3c2Br)cc1. The summed E-state index contributed by atoms with van der Waals surface area (Å²) in [5, 5.41) is 4.38. The van der Waals surface area contributed by atoms with Gasteiger partial charge in [-0.25, -0.2) is 0 Å². The van der Waals surface area contributed by atoms with Crippen LogP contribution in [0.5, 0.6) is 11.5 Å². The molecule has 0 aliphatic carbocycles. The van der Waals surface area contributed by atoms with E-state index in [0.717, 1.165) is 31.0 Å². The summed E-state index contributed by atoms with van der Waals surface area (Å²) in [6.07, 6.45) is 2.98. The average Bonchev–Trinajstić information content (AvgIpc) is 2.82. The van der Waals surface area contributed by atoms with Crippen LogP contribution in [0, 0.1) is 0 Å². The number of hydrogen-bond acceptors (Lipinski definition) is 5. The molecule has 3 rings (SSSR count). The van der Waals surface area contributed by atoms with Gasteiger partial charge in [0.15, 0.2) is 11.7 Å². The third kappa shape index (κ3) is 7.54. The van der Waals surface area contributed by atoms with Crippen LogP contribution in [-0.2, 0) is 9.59 Å². The highest BCUT2D eigenvalue weighted by Gasteiger charge is 2.10. The van der Waals surface area contributed by atoms with E-state index in [1.807, 2.05) is 55.5 Å². The van der Waals surface area contributed by atoms with Gasteiger partial charge >= 0.3 is 0 Å². The summed E-state index contributed by atoms with van der Waals surface area (Å²) in [5.74, 6) is 0.378. The standard InChI is InChI=1S/C24H21Br2N3O4S/c1-2-32-18-8-3-15(4-9-18)5-12-21(30)27-24(34)29-28-22(31)14-33-20-11-6-16-13-17(25)7-10-19(16)23(20)26/h3-13H,2,14H2,1H3,(H,28,31)(H2,27,29,30,34)/b12-5+. The summed E-state index contributed by atoms with van der Waals surface area (Å²) in [5.41, 5.74) is 5.69. The largest absolute Gasteiger partial charge is 0.494 e. The van der Waals surface area contributed by atoms with E-state index in [1.54, 1.807) is 12.1 Å². The summed E-state index contributed by atoms with van der Waals surface area (Å²) < 4.78 is 12.7. The molecule has 0 radical (unpaired) electrons. The van der Waals surface area contributed by atoms with Gasteiger partial charge in [0.2, 0.25) is 5.91 Å². The van der Waals surface area contributed by atoms with E-state index >= 15 is 0 Å². The summed E-state index contributed by atoms with van der Waals surface area (Å²) in [4.78, 5) is 24.1. The Labute approximate surface area is 219 Å². The number of hydrogen-bond donors (Lipinski definition) is 3. The zero-order valence-corrected chi connectivity index (χ0v) is 22.1. The Balaban J connectivity index is 1.42. The van der Waals surface area contributed by atoms with E-state index in [2.05, 4.69) is 48.0 Å². The van der Waals surface area contributed by atoms with Crippen molar-refractivity contribution >= 4 is 77.9 Å². The van der Waals surface area contributed by atoms with Gasteiger partial charge in [0, 0.05) is 10.5 Å². The smallest absolute Gasteiger partial charge is 0.276 e. The average molecular weight is 607 g/mol. The number of halogens is 2. The molecule has 0 aliphatic heterocycles. The molecule has 34 heavy (non-hydrogen) atoms. The molecule has 176 valence electrons. The van der Waals surface area contributed by atoms with Crippen molar-refractivity contribution in [2.75, 3.05) is 13.2 Å². The van der Waals surface area contributed by atoms with Gasteiger partial charge in [0.25, 0.3) is 5.91 Å². The Hall–Kier alpha value is -2.95. The van der Waals surface area contributed by atoms with Gasteiger partial charge < -0.3 is 9.47 Å². The molecule has 10 heteroatoms. The summed E-state index contributed by atoms with van der Waals surface area (Å²) in [6.45, 7) is 2.25. The number of hydrazine groups is 1. The van der Waals surface area contributed by atoms with E-state index < -0.39 is 11.8 Å². The first kappa shape index (κ1) is 25.7. The van der Waals surface area contributed by atoms with Crippen LogP contribution in [0.2, 0.25) is 0 Å². The molecule has 3 aromatic carbocycles. The van der Waals surface area contributed by atoms with Gasteiger partial charge in [0.1, 0.15) is 11.5 Å². The molecule has 0 aliphatic rings. The Morgan fingerprint density at radius 2 is 1.76 bits per heavy atom. The molecule has 0 unspecified atom stereocenters. The summed E-state index contributed by atoms with van der Waals surface area (Å²) in [7, 11) is 0. The first-order valence-corrected chi connectivity index (χ1v) is 12.2. The van der Waals surface area contributed by atoms with E-state index in [9.17, 15) is 9.59 Å². The quantitative estimate of drug-likeness (QED) is 0.202. The molecule has 3 aromatic rings. The van der Waals surface area contributed by atoms with Crippen LogP contribution in [0.3, 0.4) is 0 Å². The molecular weight excluding hydrogens is 586 g/mol. The maximum atomic E-state index is 12.1. The fourth-order valence-electron chi connectivity index (χ4n) is 2.86. The van der Waals surface area contributed by atoms with Gasteiger partial charge in [0.05, 0.1) is 11.1 Å². The predicted octanol–water partition coefficient (Wildman–Crippen LogP) is 4.88. The second-order valence-electron chi connectivity index (χ2n) is 6.86. The van der Waals surface area contributed by atoms with Gasteiger partial charge in [-0.3, -0.25) is 25.8 Å². The second kappa shape index (κ2) is 12.5. The molecule has 3 N–H and O–H groups in total. The molecule has 0 fully saturated rings. The van der Waals surface area contributed by atoms with Crippen LogP contribution in [0.15, 0.2) is 69.6 Å². The molecule has 0 saturated carbocycles. The number of nitrogens with one attached hydrogen (secondary N) is 3. The summed E-state index contributed by atoms with van der Waals surface area (Å²) in [6, 6.07) is 16.9. The maximum Gasteiger partial charge on any atom is 0.276 e. The van der Waals surface area contributed by atoms with Crippen molar-refractivity contribution in [3.63, 3.8) is 0 Å². The van der Waals surface area contributed by atoms with Crippen LogP contribution < -0.4 is 25.6 Å². The van der Waals surface area contributed by atoms with E-state index in [1.165, 1.54) is 6.08 Å². The van der Waals surface area contributed by atoms with Crippen LogP contribution in [0.1, 0.15) is 12.5 Å². The van der Waals surface area contributed by atoms with E-state index in [-0.39, 0.29) is 11.7 Å². The number of carbonyl (C=O) groups excluding carboxylic acids is 2. The Morgan fingerprint density at radius 1 is 1.00 bits per heavy atom. The zero-order valence-electron chi connectivity index (χ0n) is 18.1. The monoisotopic (exact) mass is 605 g/mol. The normalized spacial score (nSPS) is 10.7. The first-order valence-electron chi connectivity index (χ1n) is 10.2.